The summed E-state index contributed by atoms with van der Waals surface area (Å²) in [5, 5.41) is 20.7. The van der Waals surface area contributed by atoms with E-state index in [4.69, 9.17) is 0 Å². The van der Waals surface area contributed by atoms with Crippen LogP contribution in [-0.2, 0) is 9.59 Å². The molecule has 2 unspecified atom stereocenters. The average Bonchev–Trinajstić information content (AvgIpc) is 3.12. The van der Waals surface area contributed by atoms with E-state index in [1.165, 1.54) is 16.6 Å². The quantitative estimate of drug-likeness (QED) is 0.829. The zero-order valence-electron chi connectivity index (χ0n) is 15.5. The zero-order chi connectivity index (χ0) is 18.9. The highest BCUT2D eigenvalue weighted by molar-refractivity contribution is 5.90. The van der Waals surface area contributed by atoms with Crippen LogP contribution in [0, 0.1) is 5.41 Å². The molecule has 1 aromatic rings. The highest BCUT2D eigenvalue weighted by Gasteiger charge is 2.44. The van der Waals surface area contributed by atoms with E-state index in [9.17, 15) is 14.7 Å². The van der Waals surface area contributed by atoms with Gasteiger partial charge in [0.1, 0.15) is 17.8 Å². The summed E-state index contributed by atoms with van der Waals surface area (Å²) in [6, 6.07) is -1.33. The van der Waals surface area contributed by atoms with E-state index >= 15 is 0 Å². The van der Waals surface area contributed by atoms with Crippen molar-refractivity contribution in [2.45, 2.75) is 52.3 Å². The first-order valence-electron chi connectivity index (χ1n) is 8.34. The summed E-state index contributed by atoms with van der Waals surface area (Å²) in [4.78, 5) is 26.8. The molecule has 1 saturated heterocycles. The number of carbonyl (C=O) groups excluding carboxylic acids is 2. The van der Waals surface area contributed by atoms with Crippen LogP contribution in [0.25, 0.3) is 5.57 Å². The van der Waals surface area contributed by atoms with Crippen molar-refractivity contribution in [3.63, 3.8) is 0 Å². The van der Waals surface area contributed by atoms with Crippen LogP contribution >= 0.6 is 0 Å². The summed E-state index contributed by atoms with van der Waals surface area (Å²) in [6.45, 7) is 11.6. The fourth-order valence-electron chi connectivity index (χ4n) is 3.11. The molecule has 1 aromatic heterocycles. The Morgan fingerprint density at radius 3 is 2.56 bits per heavy atom. The zero-order valence-corrected chi connectivity index (χ0v) is 15.5. The summed E-state index contributed by atoms with van der Waals surface area (Å²) < 4.78 is 1.53. The lowest BCUT2D eigenvalue weighted by Crippen LogP contribution is -2.49. The Kier molecular flexibility index (Phi) is 5.31. The molecule has 138 valence electrons. The van der Waals surface area contributed by atoms with Crippen molar-refractivity contribution in [3.8, 4) is 0 Å². The lowest BCUT2D eigenvalue weighted by atomic mass is 9.85. The van der Waals surface area contributed by atoms with Crippen LogP contribution in [0.3, 0.4) is 0 Å². The first-order chi connectivity index (χ1) is 11.6. The van der Waals surface area contributed by atoms with E-state index in [1.807, 2.05) is 27.7 Å². The van der Waals surface area contributed by atoms with Crippen molar-refractivity contribution < 1.29 is 14.7 Å². The van der Waals surface area contributed by atoms with Gasteiger partial charge in [-0.05, 0) is 17.9 Å². The molecule has 0 radical (unpaired) electrons. The number of nitrogens with one attached hydrogen (secondary N) is 1. The third-order valence-electron chi connectivity index (χ3n) is 4.38. The summed E-state index contributed by atoms with van der Waals surface area (Å²) in [5.74, 6) is -0.533. The number of amides is 2. The average molecular weight is 349 g/mol. The number of likely N-dealkylation sites (N-methyl/N-ethyl adjacent to an activating group) is 1. The predicted molar refractivity (Wildman–Crippen MR) is 93.4 cm³/mol. The van der Waals surface area contributed by atoms with Crippen molar-refractivity contribution in [2.24, 2.45) is 5.41 Å². The number of hydrogen-bond donors (Lipinski definition) is 2. The Balaban J connectivity index is 2.38. The molecule has 0 bridgehead atoms. The molecule has 8 nitrogen and oxygen atoms in total. The van der Waals surface area contributed by atoms with Crippen molar-refractivity contribution >= 4 is 17.4 Å². The number of aromatic nitrogens is 3. The van der Waals surface area contributed by atoms with Crippen LogP contribution < -0.4 is 5.32 Å². The fourth-order valence-corrected chi connectivity index (χ4v) is 3.11. The minimum absolute atomic E-state index is 0.130. The van der Waals surface area contributed by atoms with E-state index < -0.39 is 23.6 Å². The number of allylic oxidation sites excluding steroid dienone is 1. The molecular weight excluding hydrogens is 322 g/mol. The fraction of sp³-hybridized carbons (Fsp3) is 0.647. The molecule has 1 fully saturated rings. The normalized spacial score (nSPS) is 21.9. The third kappa shape index (κ3) is 3.89. The minimum Gasteiger partial charge on any atom is -0.391 e. The molecule has 3 atom stereocenters. The largest absolute Gasteiger partial charge is 0.391 e. The van der Waals surface area contributed by atoms with Crippen LogP contribution in [0.2, 0.25) is 0 Å². The Hall–Kier alpha value is -2.22. The van der Waals surface area contributed by atoms with Crippen molar-refractivity contribution in [1.29, 1.82) is 0 Å². The van der Waals surface area contributed by atoms with Crippen LogP contribution in [0.1, 0.15) is 45.9 Å². The Morgan fingerprint density at radius 2 is 2.08 bits per heavy atom. The van der Waals surface area contributed by atoms with Gasteiger partial charge in [0.15, 0.2) is 0 Å². The topological polar surface area (TPSA) is 100 Å². The van der Waals surface area contributed by atoms with Crippen LogP contribution in [0.15, 0.2) is 12.8 Å². The molecule has 8 heteroatoms. The summed E-state index contributed by atoms with van der Waals surface area (Å²) in [7, 11) is 1.52. The molecule has 1 aliphatic heterocycles. The second-order valence-corrected chi connectivity index (χ2v) is 7.64. The summed E-state index contributed by atoms with van der Waals surface area (Å²) in [5.41, 5.74) is 0.912. The Labute approximate surface area is 147 Å². The van der Waals surface area contributed by atoms with Gasteiger partial charge in [0, 0.05) is 20.0 Å². The molecule has 0 aliphatic carbocycles. The van der Waals surface area contributed by atoms with Gasteiger partial charge in [-0.1, -0.05) is 32.6 Å². The van der Waals surface area contributed by atoms with Gasteiger partial charge in [-0.25, -0.2) is 4.68 Å². The highest BCUT2D eigenvalue weighted by atomic mass is 16.3. The number of rotatable bonds is 4. The predicted octanol–water partition coefficient (Wildman–Crippen LogP) is 0.606. The van der Waals surface area contributed by atoms with E-state index in [2.05, 4.69) is 22.2 Å². The van der Waals surface area contributed by atoms with Crippen LogP contribution in [0.5, 0.6) is 0 Å². The van der Waals surface area contributed by atoms with Gasteiger partial charge in [-0.15, -0.1) is 5.10 Å². The first kappa shape index (κ1) is 19.1. The minimum atomic E-state index is -0.714. The molecular formula is C17H27N5O3. The van der Waals surface area contributed by atoms with Crippen molar-refractivity contribution in [2.75, 3.05) is 13.6 Å². The van der Waals surface area contributed by atoms with E-state index in [-0.39, 0.29) is 24.8 Å². The molecule has 0 aromatic carbocycles. The van der Waals surface area contributed by atoms with Crippen LogP contribution in [-0.4, -0.2) is 62.6 Å². The van der Waals surface area contributed by atoms with Gasteiger partial charge in [-0.2, -0.15) is 0 Å². The van der Waals surface area contributed by atoms with Crippen molar-refractivity contribution in [3.05, 3.63) is 18.5 Å². The molecule has 2 rings (SSSR count). The molecule has 0 saturated carbocycles. The maximum Gasteiger partial charge on any atom is 0.248 e. The standard InChI is InChI=1S/C17H27N5O3/c1-10(2)12-9-22(20-19-12)14(17(3,4)5)16(25)21-8-11(23)7-13(21)15(24)18-6/h9,11,13-14,23H,1,7-8H2,2-6H3,(H,18,24)/t11?,13?,14-/m1/s1. The van der Waals surface area contributed by atoms with E-state index in [1.54, 1.807) is 6.20 Å². The number of likely N-dealkylation sites (tertiary alicyclic amines) is 1. The van der Waals surface area contributed by atoms with Crippen molar-refractivity contribution in [1.82, 2.24) is 25.2 Å². The summed E-state index contributed by atoms with van der Waals surface area (Å²) >= 11 is 0. The Morgan fingerprint density at radius 1 is 1.44 bits per heavy atom. The Bertz CT molecular complexity index is 676. The number of hydrogen-bond acceptors (Lipinski definition) is 5. The number of β-amino-alcohol motifs (C(OH)–C–C–N with tert-alkyl or cyclic N) is 1. The SMILES string of the molecule is C=C(C)c1cn([C@H](C(=O)N2CC(O)CC2C(=O)NC)C(C)(C)C)nn1. The first-order valence-corrected chi connectivity index (χ1v) is 8.34. The highest BCUT2D eigenvalue weighted by Crippen LogP contribution is 2.34. The van der Waals surface area contributed by atoms with Gasteiger partial charge in [0.05, 0.1) is 12.3 Å². The molecule has 2 heterocycles. The maximum absolute atomic E-state index is 13.3. The maximum atomic E-state index is 13.3. The van der Waals surface area contributed by atoms with Gasteiger partial charge < -0.3 is 15.3 Å². The van der Waals surface area contributed by atoms with E-state index in [0.29, 0.717) is 5.69 Å². The van der Waals surface area contributed by atoms with Gasteiger partial charge in [-0.3, -0.25) is 9.59 Å². The number of carbonyl (C=O) groups is 2. The van der Waals surface area contributed by atoms with Gasteiger partial charge >= 0.3 is 0 Å². The number of aliphatic hydroxyl groups excluding tert-OH is 1. The van der Waals surface area contributed by atoms with Gasteiger partial charge in [0.25, 0.3) is 0 Å². The number of nitrogens with zero attached hydrogens (tertiary/aromatic N) is 4. The molecule has 0 spiro atoms. The summed E-state index contributed by atoms with van der Waals surface area (Å²) in [6.07, 6.45) is 1.21. The lowest BCUT2D eigenvalue weighted by Gasteiger charge is -2.34. The third-order valence-corrected chi connectivity index (χ3v) is 4.38. The molecule has 1 aliphatic rings. The monoisotopic (exact) mass is 349 g/mol. The van der Waals surface area contributed by atoms with Crippen LogP contribution in [0.4, 0.5) is 0 Å². The second-order valence-electron chi connectivity index (χ2n) is 7.64. The smallest absolute Gasteiger partial charge is 0.248 e. The van der Waals surface area contributed by atoms with E-state index in [0.717, 1.165) is 5.57 Å². The number of aliphatic hydroxyl groups is 1. The van der Waals surface area contributed by atoms with Gasteiger partial charge in [0.2, 0.25) is 11.8 Å². The molecule has 25 heavy (non-hydrogen) atoms. The second kappa shape index (κ2) is 6.95. The molecule has 2 N–H and O–H groups in total. The lowest BCUT2D eigenvalue weighted by molar-refractivity contribution is -0.144. The molecule has 2 amide bonds.